The van der Waals surface area contributed by atoms with Crippen LogP contribution in [0.1, 0.15) is 46.5 Å². The van der Waals surface area contributed by atoms with E-state index in [0.717, 1.165) is 31.5 Å². The minimum atomic E-state index is 0.150. The smallest absolute Gasteiger partial charge is 0.163 e. The van der Waals surface area contributed by atoms with Crippen molar-refractivity contribution >= 4 is 5.78 Å². The van der Waals surface area contributed by atoms with Gasteiger partial charge in [-0.05, 0) is 51.6 Å². The molecule has 0 bridgehead atoms. The molecule has 1 N–H and O–H groups in total. The number of carbonyl (C=O) groups is 1. The topological polar surface area (TPSA) is 29.1 Å². The lowest BCUT2D eigenvalue weighted by molar-refractivity contribution is -0.117. The Labute approximate surface area is 117 Å². The molecule has 1 aliphatic rings. The van der Waals surface area contributed by atoms with Crippen molar-refractivity contribution in [1.82, 2.24) is 5.32 Å². The Morgan fingerprint density at radius 2 is 2.00 bits per heavy atom. The van der Waals surface area contributed by atoms with Crippen molar-refractivity contribution in [3.63, 3.8) is 0 Å². The van der Waals surface area contributed by atoms with Crippen LogP contribution in [-0.2, 0) is 4.79 Å². The van der Waals surface area contributed by atoms with E-state index < -0.39 is 0 Å². The van der Waals surface area contributed by atoms with E-state index in [-0.39, 0.29) is 11.2 Å². The minimum Gasteiger partial charge on any atom is -0.317 e. The van der Waals surface area contributed by atoms with Crippen LogP contribution in [0, 0.1) is 5.41 Å². The fraction of sp³-hybridized carbons (Fsp3) is 0.588. The van der Waals surface area contributed by atoms with Gasteiger partial charge in [0.2, 0.25) is 0 Å². The van der Waals surface area contributed by atoms with Crippen LogP contribution in [0.3, 0.4) is 0 Å². The molecule has 106 valence electrons. The molecular formula is C17H27NO. The molecule has 1 heterocycles. The second kappa shape index (κ2) is 8.11. The number of allylic oxidation sites excluding steroid dienone is 6. The van der Waals surface area contributed by atoms with Crippen LogP contribution >= 0.6 is 0 Å². The van der Waals surface area contributed by atoms with Crippen molar-refractivity contribution in [3.05, 3.63) is 36.0 Å². The maximum absolute atomic E-state index is 12.5. The third-order valence-corrected chi connectivity index (χ3v) is 3.76. The second-order valence-electron chi connectivity index (χ2n) is 5.66. The summed E-state index contributed by atoms with van der Waals surface area (Å²) in [4.78, 5) is 12.5. The fourth-order valence-corrected chi connectivity index (χ4v) is 2.57. The summed E-state index contributed by atoms with van der Waals surface area (Å²) in [6.45, 7) is 8.28. The van der Waals surface area contributed by atoms with Gasteiger partial charge in [0, 0.05) is 12.0 Å². The minimum absolute atomic E-state index is 0.150. The van der Waals surface area contributed by atoms with Gasteiger partial charge < -0.3 is 5.32 Å². The van der Waals surface area contributed by atoms with Crippen LogP contribution in [0.4, 0.5) is 0 Å². The van der Waals surface area contributed by atoms with Crippen LogP contribution < -0.4 is 5.32 Å². The Kier molecular flexibility index (Phi) is 6.79. The highest BCUT2D eigenvalue weighted by atomic mass is 16.1. The van der Waals surface area contributed by atoms with Crippen LogP contribution in [0.5, 0.6) is 0 Å². The van der Waals surface area contributed by atoms with E-state index in [1.807, 2.05) is 44.2 Å². The summed E-state index contributed by atoms with van der Waals surface area (Å²) in [5, 5.41) is 3.41. The molecule has 1 fully saturated rings. The Hall–Kier alpha value is -1.15. The monoisotopic (exact) mass is 261 g/mol. The highest BCUT2D eigenvalue weighted by Gasteiger charge is 2.28. The number of carbonyl (C=O) groups excluding carboxylic acids is 1. The number of rotatable bonds is 5. The average molecular weight is 261 g/mol. The molecule has 2 nitrogen and oxygen atoms in total. The molecule has 1 rings (SSSR count). The van der Waals surface area contributed by atoms with Gasteiger partial charge in [0.1, 0.15) is 0 Å². The van der Waals surface area contributed by atoms with E-state index in [2.05, 4.69) is 12.2 Å². The predicted molar refractivity (Wildman–Crippen MR) is 82.2 cm³/mol. The Morgan fingerprint density at radius 1 is 1.21 bits per heavy atom. The van der Waals surface area contributed by atoms with Gasteiger partial charge in [0.05, 0.1) is 0 Å². The fourth-order valence-electron chi connectivity index (χ4n) is 2.57. The van der Waals surface area contributed by atoms with Crippen molar-refractivity contribution in [2.75, 3.05) is 13.1 Å². The van der Waals surface area contributed by atoms with Crippen molar-refractivity contribution in [2.45, 2.75) is 46.5 Å². The number of Topliss-reactive ketones (excluding diaryl/α,β-unsaturated/α-hetero) is 1. The molecule has 1 saturated heterocycles. The largest absolute Gasteiger partial charge is 0.317 e. The van der Waals surface area contributed by atoms with Gasteiger partial charge in [-0.3, -0.25) is 4.79 Å². The van der Waals surface area contributed by atoms with Gasteiger partial charge >= 0.3 is 0 Å². The summed E-state index contributed by atoms with van der Waals surface area (Å²) in [6, 6.07) is 0. The van der Waals surface area contributed by atoms with E-state index in [9.17, 15) is 4.79 Å². The van der Waals surface area contributed by atoms with E-state index in [0.29, 0.717) is 6.42 Å². The molecular weight excluding hydrogens is 234 g/mol. The van der Waals surface area contributed by atoms with Crippen LogP contribution in [-0.4, -0.2) is 18.9 Å². The van der Waals surface area contributed by atoms with Gasteiger partial charge in [-0.15, -0.1) is 0 Å². The molecule has 0 spiro atoms. The SMILES string of the molecule is C\C=C/C=C(\C=C/C)C(=O)CC1(C)CCCNCC1. The zero-order valence-electron chi connectivity index (χ0n) is 12.5. The lowest BCUT2D eigenvalue weighted by atomic mass is 9.77. The first-order chi connectivity index (χ1) is 9.11. The normalized spacial score (nSPS) is 25.9. The molecule has 0 aromatic heterocycles. The maximum Gasteiger partial charge on any atom is 0.163 e. The lowest BCUT2D eigenvalue weighted by Crippen LogP contribution is -2.23. The Morgan fingerprint density at radius 3 is 2.68 bits per heavy atom. The number of hydrogen-bond acceptors (Lipinski definition) is 2. The molecule has 1 atom stereocenters. The van der Waals surface area contributed by atoms with E-state index in [1.54, 1.807) is 0 Å². The summed E-state index contributed by atoms with van der Waals surface area (Å²) >= 11 is 0. The maximum atomic E-state index is 12.5. The summed E-state index contributed by atoms with van der Waals surface area (Å²) in [6.07, 6.45) is 13.7. The van der Waals surface area contributed by atoms with Crippen molar-refractivity contribution in [2.24, 2.45) is 5.41 Å². The molecule has 0 aromatic carbocycles. The van der Waals surface area contributed by atoms with Crippen LogP contribution in [0.2, 0.25) is 0 Å². The molecule has 2 heteroatoms. The highest BCUT2D eigenvalue weighted by molar-refractivity contribution is 5.98. The van der Waals surface area contributed by atoms with Crippen LogP contribution in [0.15, 0.2) is 36.0 Å². The molecule has 0 aromatic rings. The number of hydrogen-bond donors (Lipinski definition) is 1. The molecule has 1 unspecified atom stereocenters. The van der Waals surface area contributed by atoms with Crippen molar-refractivity contribution in [3.8, 4) is 0 Å². The van der Waals surface area contributed by atoms with Gasteiger partial charge in [0.15, 0.2) is 5.78 Å². The summed E-state index contributed by atoms with van der Waals surface area (Å²) in [7, 11) is 0. The first-order valence-electron chi connectivity index (χ1n) is 7.31. The third kappa shape index (κ3) is 5.56. The first kappa shape index (κ1) is 15.9. The van der Waals surface area contributed by atoms with Gasteiger partial charge in [-0.1, -0.05) is 37.3 Å². The average Bonchev–Trinajstić information content (AvgIpc) is 2.59. The van der Waals surface area contributed by atoms with Gasteiger partial charge in [-0.25, -0.2) is 0 Å². The third-order valence-electron chi connectivity index (χ3n) is 3.76. The highest BCUT2D eigenvalue weighted by Crippen LogP contribution is 2.34. The Balaban J connectivity index is 2.74. The van der Waals surface area contributed by atoms with E-state index >= 15 is 0 Å². The zero-order chi connectivity index (χ0) is 14.1. The molecule has 0 amide bonds. The van der Waals surface area contributed by atoms with E-state index in [1.165, 1.54) is 6.42 Å². The van der Waals surface area contributed by atoms with Crippen molar-refractivity contribution in [1.29, 1.82) is 0 Å². The summed E-state index contributed by atoms with van der Waals surface area (Å²) in [5.74, 6) is 0.264. The molecule has 1 aliphatic heterocycles. The molecule has 0 aliphatic carbocycles. The van der Waals surface area contributed by atoms with Gasteiger partial charge in [-0.2, -0.15) is 0 Å². The molecule has 0 radical (unpaired) electrons. The Bertz CT molecular complexity index is 369. The van der Waals surface area contributed by atoms with E-state index in [4.69, 9.17) is 0 Å². The van der Waals surface area contributed by atoms with Crippen LogP contribution in [0.25, 0.3) is 0 Å². The summed E-state index contributed by atoms with van der Waals surface area (Å²) in [5.41, 5.74) is 0.969. The first-order valence-corrected chi connectivity index (χ1v) is 7.31. The molecule has 19 heavy (non-hydrogen) atoms. The summed E-state index contributed by atoms with van der Waals surface area (Å²) < 4.78 is 0. The standard InChI is InChI=1S/C17H27NO/c1-4-6-9-15(8-5-2)16(19)14-17(3)10-7-12-18-13-11-17/h4-6,8-9,18H,7,10-14H2,1-3H3/b6-4-,8-5-,15-9+. The number of ketones is 1. The number of nitrogens with one attached hydrogen (secondary N) is 1. The van der Waals surface area contributed by atoms with Crippen molar-refractivity contribution < 1.29 is 4.79 Å². The molecule has 0 saturated carbocycles. The quantitative estimate of drug-likeness (QED) is 0.602. The van der Waals surface area contributed by atoms with Gasteiger partial charge in [0.25, 0.3) is 0 Å². The second-order valence-corrected chi connectivity index (χ2v) is 5.66. The predicted octanol–water partition coefficient (Wildman–Crippen LogP) is 3.80. The lowest BCUT2D eigenvalue weighted by Gasteiger charge is -2.27. The zero-order valence-corrected chi connectivity index (χ0v) is 12.5.